The highest BCUT2D eigenvalue weighted by Gasteiger charge is 2.09. The molecule has 102 valence electrons. The van der Waals surface area contributed by atoms with E-state index in [1.807, 2.05) is 0 Å². The van der Waals surface area contributed by atoms with Crippen LogP contribution in [0.1, 0.15) is 20.7 Å². The topological polar surface area (TPSA) is 72.2 Å². The van der Waals surface area contributed by atoms with Crippen LogP contribution in [0.2, 0.25) is 5.02 Å². The van der Waals surface area contributed by atoms with Gasteiger partial charge in [-0.3, -0.25) is 9.59 Å². The standard InChI is InChI=1S/C14H10BrClN2O2/c15-11-5-4-10(7-12(11)16)18-14(20)9-3-1-2-8(6-9)13(17)19/h1-7H,(H2,17,19)(H,18,20). The molecule has 0 aliphatic rings. The van der Waals surface area contributed by atoms with Crippen LogP contribution in [0.15, 0.2) is 46.9 Å². The third kappa shape index (κ3) is 3.37. The summed E-state index contributed by atoms with van der Waals surface area (Å²) in [6.45, 7) is 0. The van der Waals surface area contributed by atoms with Crippen LogP contribution >= 0.6 is 27.5 Å². The minimum absolute atomic E-state index is 0.284. The van der Waals surface area contributed by atoms with Gasteiger partial charge in [0.05, 0.1) is 5.02 Å². The molecule has 0 saturated heterocycles. The molecule has 2 aromatic rings. The van der Waals surface area contributed by atoms with E-state index in [0.717, 1.165) is 4.47 Å². The van der Waals surface area contributed by atoms with E-state index >= 15 is 0 Å². The second-order valence-electron chi connectivity index (χ2n) is 4.03. The first-order chi connectivity index (χ1) is 9.47. The number of nitrogens with two attached hydrogens (primary N) is 1. The molecule has 2 aromatic carbocycles. The van der Waals surface area contributed by atoms with Crippen molar-refractivity contribution in [1.82, 2.24) is 0 Å². The summed E-state index contributed by atoms with van der Waals surface area (Å²) in [4.78, 5) is 23.2. The molecule has 0 heterocycles. The van der Waals surface area contributed by atoms with Crippen LogP contribution in [0, 0.1) is 0 Å². The molecule has 6 heteroatoms. The van der Waals surface area contributed by atoms with E-state index in [2.05, 4.69) is 21.2 Å². The lowest BCUT2D eigenvalue weighted by atomic mass is 10.1. The van der Waals surface area contributed by atoms with Gasteiger partial charge >= 0.3 is 0 Å². The van der Waals surface area contributed by atoms with Crippen LogP contribution in [0.3, 0.4) is 0 Å². The normalized spacial score (nSPS) is 10.1. The Bertz CT molecular complexity index is 689. The number of hydrogen-bond acceptors (Lipinski definition) is 2. The van der Waals surface area contributed by atoms with Crippen molar-refractivity contribution in [2.45, 2.75) is 0 Å². The van der Waals surface area contributed by atoms with Crippen molar-refractivity contribution in [3.63, 3.8) is 0 Å². The number of anilines is 1. The SMILES string of the molecule is NC(=O)c1cccc(C(=O)Nc2ccc(Br)c(Cl)c2)c1. The smallest absolute Gasteiger partial charge is 0.255 e. The van der Waals surface area contributed by atoms with Crippen LogP contribution < -0.4 is 11.1 Å². The number of hydrogen-bond donors (Lipinski definition) is 2. The number of carbonyl (C=O) groups excluding carboxylic acids is 2. The summed E-state index contributed by atoms with van der Waals surface area (Å²) in [7, 11) is 0. The first-order valence-electron chi connectivity index (χ1n) is 5.63. The molecule has 0 radical (unpaired) electrons. The minimum atomic E-state index is -0.577. The largest absolute Gasteiger partial charge is 0.366 e. The second-order valence-corrected chi connectivity index (χ2v) is 5.29. The average molecular weight is 354 g/mol. The van der Waals surface area contributed by atoms with Crippen LogP contribution in [0.25, 0.3) is 0 Å². The number of rotatable bonds is 3. The lowest BCUT2D eigenvalue weighted by molar-refractivity contribution is 0.1000. The van der Waals surface area contributed by atoms with Crippen LogP contribution in [-0.2, 0) is 0 Å². The molecule has 0 atom stereocenters. The highest BCUT2D eigenvalue weighted by atomic mass is 79.9. The van der Waals surface area contributed by atoms with Crippen molar-refractivity contribution in [1.29, 1.82) is 0 Å². The van der Waals surface area contributed by atoms with Gasteiger partial charge in [-0.05, 0) is 52.3 Å². The van der Waals surface area contributed by atoms with E-state index in [9.17, 15) is 9.59 Å². The van der Waals surface area contributed by atoms with Gasteiger partial charge in [0.1, 0.15) is 0 Å². The van der Waals surface area contributed by atoms with Crippen molar-refractivity contribution >= 4 is 45.0 Å². The van der Waals surface area contributed by atoms with E-state index in [0.29, 0.717) is 16.3 Å². The molecule has 0 unspecified atom stereocenters. The third-order valence-electron chi connectivity index (χ3n) is 2.59. The Morgan fingerprint density at radius 3 is 2.45 bits per heavy atom. The van der Waals surface area contributed by atoms with Gasteiger partial charge in [-0.15, -0.1) is 0 Å². The van der Waals surface area contributed by atoms with Gasteiger partial charge in [0, 0.05) is 21.3 Å². The first kappa shape index (κ1) is 14.6. The fraction of sp³-hybridized carbons (Fsp3) is 0. The summed E-state index contributed by atoms with van der Waals surface area (Å²) in [6.07, 6.45) is 0. The lowest BCUT2D eigenvalue weighted by Gasteiger charge is -2.07. The Morgan fingerprint density at radius 2 is 1.80 bits per heavy atom. The molecule has 0 aromatic heterocycles. The van der Waals surface area contributed by atoms with Gasteiger partial charge < -0.3 is 11.1 Å². The molecule has 0 spiro atoms. The van der Waals surface area contributed by atoms with Gasteiger partial charge in [-0.1, -0.05) is 17.7 Å². The Balaban J connectivity index is 2.21. The number of carbonyl (C=O) groups is 2. The van der Waals surface area contributed by atoms with E-state index in [-0.39, 0.29) is 11.5 Å². The molecule has 0 aliphatic heterocycles. The van der Waals surface area contributed by atoms with Crippen LogP contribution in [0.4, 0.5) is 5.69 Å². The summed E-state index contributed by atoms with van der Waals surface area (Å²) < 4.78 is 0.743. The van der Waals surface area contributed by atoms with E-state index in [4.69, 9.17) is 17.3 Å². The fourth-order valence-electron chi connectivity index (χ4n) is 1.59. The summed E-state index contributed by atoms with van der Waals surface area (Å²) in [5.74, 6) is -0.919. The number of amides is 2. The van der Waals surface area contributed by atoms with Gasteiger partial charge in [-0.2, -0.15) is 0 Å². The number of primary amides is 1. The summed E-state index contributed by atoms with van der Waals surface area (Å²) in [5.41, 5.74) is 6.37. The zero-order valence-electron chi connectivity index (χ0n) is 10.2. The minimum Gasteiger partial charge on any atom is -0.366 e. The lowest BCUT2D eigenvalue weighted by Crippen LogP contribution is -2.15. The van der Waals surface area contributed by atoms with Gasteiger partial charge in [0.2, 0.25) is 5.91 Å². The van der Waals surface area contributed by atoms with Crippen molar-refractivity contribution in [2.24, 2.45) is 5.73 Å². The van der Waals surface area contributed by atoms with Crippen molar-refractivity contribution < 1.29 is 9.59 Å². The van der Waals surface area contributed by atoms with Crippen molar-refractivity contribution in [3.05, 3.63) is 63.1 Å². The molecule has 0 saturated carbocycles. The van der Waals surface area contributed by atoms with E-state index in [1.54, 1.807) is 36.4 Å². The highest BCUT2D eigenvalue weighted by molar-refractivity contribution is 9.10. The number of benzene rings is 2. The second kappa shape index (κ2) is 6.07. The Labute approximate surface area is 129 Å². The molecular weight excluding hydrogens is 344 g/mol. The maximum Gasteiger partial charge on any atom is 0.255 e. The number of halogens is 2. The monoisotopic (exact) mass is 352 g/mol. The van der Waals surface area contributed by atoms with E-state index in [1.165, 1.54) is 6.07 Å². The third-order valence-corrected chi connectivity index (χ3v) is 3.82. The molecular formula is C14H10BrClN2O2. The Hall–Kier alpha value is -1.85. The predicted octanol–water partition coefficient (Wildman–Crippen LogP) is 3.45. The van der Waals surface area contributed by atoms with Crippen LogP contribution in [-0.4, -0.2) is 11.8 Å². The molecule has 0 bridgehead atoms. The van der Waals surface area contributed by atoms with E-state index < -0.39 is 5.91 Å². The van der Waals surface area contributed by atoms with Crippen molar-refractivity contribution in [2.75, 3.05) is 5.32 Å². The maximum atomic E-state index is 12.1. The van der Waals surface area contributed by atoms with Crippen LogP contribution in [0.5, 0.6) is 0 Å². The van der Waals surface area contributed by atoms with Gasteiger partial charge in [0.25, 0.3) is 5.91 Å². The zero-order valence-corrected chi connectivity index (χ0v) is 12.5. The quantitative estimate of drug-likeness (QED) is 0.887. The van der Waals surface area contributed by atoms with Crippen molar-refractivity contribution in [3.8, 4) is 0 Å². The Morgan fingerprint density at radius 1 is 1.10 bits per heavy atom. The average Bonchev–Trinajstić information content (AvgIpc) is 2.43. The zero-order chi connectivity index (χ0) is 14.7. The fourth-order valence-corrected chi connectivity index (χ4v) is 2.02. The first-order valence-corrected chi connectivity index (χ1v) is 6.81. The van der Waals surface area contributed by atoms with Gasteiger partial charge in [0.15, 0.2) is 0 Å². The molecule has 3 N–H and O–H groups in total. The number of nitrogens with one attached hydrogen (secondary N) is 1. The summed E-state index contributed by atoms with van der Waals surface area (Å²) in [5, 5.41) is 3.19. The molecule has 4 nitrogen and oxygen atoms in total. The van der Waals surface area contributed by atoms with Gasteiger partial charge in [-0.25, -0.2) is 0 Å². The molecule has 0 aliphatic carbocycles. The predicted molar refractivity (Wildman–Crippen MR) is 82.1 cm³/mol. The molecule has 2 rings (SSSR count). The molecule has 20 heavy (non-hydrogen) atoms. The summed E-state index contributed by atoms with van der Waals surface area (Å²) in [6, 6.07) is 11.3. The summed E-state index contributed by atoms with van der Waals surface area (Å²) >= 11 is 9.22. The molecule has 2 amide bonds. The molecule has 0 fully saturated rings. The Kier molecular flexibility index (Phi) is 4.42. The highest BCUT2D eigenvalue weighted by Crippen LogP contribution is 2.25. The maximum absolute atomic E-state index is 12.1.